The molecule has 0 radical (unpaired) electrons. The lowest BCUT2D eigenvalue weighted by molar-refractivity contribution is -0.459. The third kappa shape index (κ3) is 11.3. The first-order chi connectivity index (χ1) is 12.1. The summed E-state index contributed by atoms with van der Waals surface area (Å²) >= 11 is 0. The number of nitrogens with two attached hydrogens (primary N) is 3. The molecule has 1 unspecified atom stereocenters. The highest BCUT2D eigenvalue weighted by atomic mass is 16.4. The van der Waals surface area contributed by atoms with E-state index in [1.165, 1.54) is 17.1 Å². The fraction of sp³-hybridized carbons (Fsp3) is 0.400. The zero-order valence-electron chi connectivity index (χ0n) is 14.8. The van der Waals surface area contributed by atoms with Crippen LogP contribution in [0.25, 0.3) is 0 Å². The molecule has 11 nitrogen and oxygen atoms in total. The monoisotopic (exact) mass is 367 g/mol. The van der Waals surface area contributed by atoms with Crippen molar-refractivity contribution in [1.29, 1.82) is 0 Å². The van der Waals surface area contributed by atoms with E-state index < -0.39 is 18.0 Å². The van der Waals surface area contributed by atoms with E-state index in [1.807, 2.05) is 0 Å². The van der Waals surface area contributed by atoms with Gasteiger partial charge in [0.15, 0.2) is 0 Å². The normalized spacial score (nSPS) is 11.2. The number of carbonyl (C=O) groups is 2. The van der Waals surface area contributed by atoms with Crippen molar-refractivity contribution in [1.82, 2.24) is 5.01 Å². The van der Waals surface area contributed by atoms with Crippen molar-refractivity contribution in [2.75, 3.05) is 20.6 Å². The zero-order valence-corrected chi connectivity index (χ0v) is 14.8. The van der Waals surface area contributed by atoms with Crippen molar-refractivity contribution < 1.29 is 24.8 Å². The molecule has 0 amide bonds. The summed E-state index contributed by atoms with van der Waals surface area (Å²) in [5.41, 5.74) is 16.0. The molecule has 8 N–H and O–H groups in total. The van der Waals surface area contributed by atoms with Crippen molar-refractivity contribution in [3.63, 3.8) is 0 Å². The number of aliphatic carboxylic acids is 1. The first-order valence-electron chi connectivity index (χ1n) is 7.64. The van der Waals surface area contributed by atoms with Crippen molar-refractivity contribution >= 4 is 23.6 Å². The molecule has 0 heterocycles. The van der Waals surface area contributed by atoms with Gasteiger partial charge in [-0.15, -0.1) is 5.11 Å². The summed E-state index contributed by atoms with van der Waals surface area (Å²) in [6, 6.07) is 5.31. The third-order valence-corrected chi connectivity index (χ3v) is 2.76. The van der Waals surface area contributed by atoms with Gasteiger partial charge < -0.3 is 20.7 Å². The van der Waals surface area contributed by atoms with Crippen LogP contribution in [0.15, 0.2) is 34.6 Å². The highest BCUT2D eigenvalue weighted by molar-refractivity contribution is 5.86. The molecule has 0 aliphatic heterocycles. The number of hydrogen-bond donors (Lipinski definition) is 5. The number of guanidine groups is 1. The van der Waals surface area contributed by atoms with E-state index in [1.54, 1.807) is 26.2 Å². The molecule has 0 saturated carbocycles. The first kappa shape index (κ1) is 22.8. The number of carbonyl (C=O) groups excluding carboxylic acids is 1. The summed E-state index contributed by atoms with van der Waals surface area (Å²) in [6.45, 7) is 0.545. The number of aromatic carboxylic acids is 1. The lowest BCUT2D eigenvalue weighted by Crippen LogP contribution is -2.78. The van der Waals surface area contributed by atoms with Gasteiger partial charge in [0.2, 0.25) is 0 Å². The van der Waals surface area contributed by atoms with Crippen LogP contribution in [0.1, 0.15) is 23.2 Å². The van der Waals surface area contributed by atoms with E-state index in [0.717, 1.165) is 0 Å². The Morgan fingerprint density at radius 2 is 2.00 bits per heavy atom. The molecule has 26 heavy (non-hydrogen) atoms. The number of rotatable bonds is 8. The van der Waals surface area contributed by atoms with Gasteiger partial charge >= 0.3 is 11.9 Å². The van der Waals surface area contributed by atoms with Crippen LogP contribution in [-0.4, -0.2) is 54.7 Å². The van der Waals surface area contributed by atoms with Gasteiger partial charge in [-0.2, -0.15) is 0 Å². The Morgan fingerprint density at radius 3 is 2.50 bits per heavy atom. The van der Waals surface area contributed by atoms with Gasteiger partial charge in [0, 0.05) is 14.1 Å². The molecule has 1 aromatic carbocycles. The van der Waals surface area contributed by atoms with Crippen molar-refractivity contribution in [2.45, 2.75) is 18.9 Å². The molecule has 0 aromatic heterocycles. The molecule has 0 fully saturated rings. The van der Waals surface area contributed by atoms with Crippen LogP contribution in [0.2, 0.25) is 0 Å². The van der Waals surface area contributed by atoms with E-state index in [2.05, 4.69) is 15.3 Å². The molecule has 0 bridgehead atoms. The van der Waals surface area contributed by atoms with Gasteiger partial charge in [0.05, 0.1) is 18.2 Å². The van der Waals surface area contributed by atoms with Gasteiger partial charge in [0.25, 0.3) is 0 Å². The smallest absolute Gasteiger partial charge is 0.338 e. The number of hydrogen-bond acceptors (Lipinski definition) is 6. The number of carboxylic acids is 2. The van der Waals surface area contributed by atoms with E-state index in [9.17, 15) is 14.7 Å². The maximum atomic E-state index is 10.5. The lowest BCUT2D eigenvalue weighted by Gasteiger charge is -2.03. The average molecular weight is 367 g/mol. The first-order valence-corrected chi connectivity index (χ1v) is 7.64. The summed E-state index contributed by atoms with van der Waals surface area (Å²) in [5.74, 6) is -2.06. The van der Waals surface area contributed by atoms with Crippen molar-refractivity contribution in [2.24, 2.45) is 27.5 Å². The quantitative estimate of drug-likeness (QED) is 0.106. The topological polar surface area (TPSA) is 197 Å². The van der Waals surface area contributed by atoms with Gasteiger partial charge in [0.1, 0.15) is 6.04 Å². The molecular formula is C15H25N7O4. The molecular weight excluding hydrogens is 342 g/mol. The Labute approximate surface area is 151 Å². The zero-order chi connectivity index (χ0) is 20.1. The highest BCUT2D eigenvalue weighted by Gasteiger charge is 2.09. The molecule has 0 aliphatic carbocycles. The minimum atomic E-state index is -1.22. The van der Waals surface area contributed by atoms with Crippen LogP contribution in [0.3, 0.4) is 0 Å². The van der Waals surface area contributed by atoms with Crippen molar-refractivity contribution in [3.8, 4) is 0 Å². The van der Waals surface area contributed by atoms with E-state index in [-0.39, 0.29) is 11.5 Å². The predicted molar refractivity (Wildman–Crippen MR) is 93.0 cm³/mol. The fourth-order valence-corrected chi connectivity index (χ4v) is 1.51. The molecule has 0 spiro atoms. The Balaban J connectivity index is 0.000000488. The fourth-order valence-electron chi connectivity index (χ4n) is 1.51. The van der Waals surface area contributed by atoms with Crippen LogP contribution in [0.5, 0.6) is 0 Å². The summed E-state index contributed by atoms with van der Waals surface area (Å²) in [7, 11) is 3.46. The second-order valence-corrected chi connectivity index (χ2v) is 5.34. The SMILES string of the molecule is CN(C)N=Nc1cccc(C(=O)[O-])c1.NC(N)=[NH+]CCCC(N)C(=O)O. The molecule has 11 heteroatoms. The van der Waals surface area contributed by atoms with E-state index in [0.29, 0.717) is 25.1 Å². The largest absolute Gasteiger partial charge is 0.545 e. The van der Waals surface area contributed by atoms with E-state index in [4.69, 9.17) is 22.3 Å². The third-order valence-electron chi connectivity index (χ3n) is 2.76. The second kappa shape index (κ2) is 12.2. The molecule has 0 saturated heterocycles. The van der Waals surface area contributed by atoms with Gasteiger partial charge in [-0.25, -0.2) is 0 Å². The van der Waals surface area contributed by atoms with E-state index >= 15 is 0 Å². The molecule has 0 aliphatic rings. The summed E-state index contributed by atoms with van der Waals surface area (Å²) in [5, 5.41) is 28.0. The highest BCUT2D eigenvalue weighted by Crippen LogP contribution is 2.14. The van der Waals surface area contributed by atoms with Gasteiger partial charge in [-0.05, 0) is 30.5 Å². The van der Waals surface area contributed by atoms with Crippen molar-refractivity contribution in [3.05, 3.63) is 29.8 Å². The van der Waals surface area contributed by atoms with Crippen LogP contribution >= 0.6 is 0 Å². The minimum Gasteiger partial charge on any atom is -0.545 e. The average Bonchev–Trinajstić information content (AvgIpc) is 2.57. The summed E-state index contributed by atoms with van der Waals surface area (Å²) in [6.07, 6.45) is 1.04. The van der Waals surface area contributed by atoms with Crippen LogP contribution < -0.4 is 27.3 Å². The Morgan fingerprint density at radius 1 is 1.35 bits per heavy atom. The number of nitrogens with one attached hydrogen (secondary N) is 1. The second-order valence-electron chi connectivity index (χ2n) is 5.34. The Kier molecular flexibility index (Phi) is 10.7. The summed E-state index contributed by atoms with van der Waals surface area (Å²) in [4.78, 5) is 23.4. The van der Waals surface area contributed by atoms with Crippen LogP contribution in [-0.2, 0) is 4.79 Å². The number of benzene rings is 1. The maximum absolute atomic E-state index is 10.5. The molecule has 1 rings (SSSR count). The molecule has 1 aromatic rings. The lowest BCUT2D eigenvalue weighted by atomic mass is 10.2. The van der Waals surface area contributed by atoms with Crippen LogP contribution in [0.4, 0.5) is 5.69 Å². The van der Waals surface area contributed by atoms with Gasteiger partial charge in [-0.3, -0.25) is 26.3 Å². The number of nitrogens with zero attached hydrogens (tertiary/aromatic N) is 3. The number of carboxylic acid groups (broad SMARTS) is 2. The Bertz CT molecular complexity index is 643. The van der Waals surface area contributed by atoms with Crippen LogP contribution in [0, 0.1) is 0 Å². The minimum absolute atomic E-state index is 0.0974. The molecule has 144 valence electrons. The van der Waals surface area contributed by atoms with Gasteiger partial charge in [-0.1, -0.05) is 17.4 Å². The predicted octanol–water partition coefficient (Wildman–Crippen LogP) is -2.86. The Hall–Kier alpha value is -3.21. The molecule has 1 atom stereocenters. The summed E-state index contributed by atoms with van der Waals surface area (Å²) < 4.78 is 0. The maximum Gasteiger partial charge on any atom is 0.338 e. The standard InChI is InChI=1S/C9H11N3O2.C6H14N4O2/c1-12(2)11-10-8-5-3-4-7(6-8)9(13)14;7-4(5(11)12)2-1-3-10-6(8)9/h3-6H,1-2H3,(H,13,14);4H,1-3,7H2,(H,11,12)(H4,8,9,10).